The number of thiophene rings is 1. The lowest BCUT2D eigenvalue weighted by molar-refractivity contribution is -0.147. The van der Waals surface area contributed by atoms with Crippen LogP contribution < -0.4 is 5.32 Å². The highest BCUT2D eigenvalue weighted by molar-refractivity contribution is 7.15. The number of likely N-dealkylation sites (tertiary alicyclic amines) is 1. The minimum absolute atomic E-state index is 0.00842. The van der Waals surface area contributed by atoms with Gasteiger partial charge in [0.25, 0.3) is 0 Å². The van der Waals surface area contributed by atoms with E-state index in [0.29, 0.717) is 24.8 Å². The quantitative estimate of drug-likeness (QED) is 0.222. The van der Waals surface area contributed by atoms with E-state index in [2.05, 4.69) is 52.7 Å². The first-order chi connectivity index (χ1) is 18.7. The lowest BCUT2D eigenvalue weighted by Gasteiger charge is -2.22. The summed E-state index contributed by atoms with van der Waals surface area (Å²) in [5, 5.41) is 2.72. The number of fused-ring (bicyclic) bond motifs is 1. The monoisotopic (exact) mass is 522 g/mol. The standard InChI is InChI=1S/C32H30N2O3S/c35-21-33-17-26-14-15-29(38-26)24-12-7-13-25(16-24)30(23-10-5-2-6-11-23)32(36)37-31-27-19-34(20-28(27)31)18-22-8-3-1-4-9-22/h1-16,21,27-28,30-31H,17-20H2,(H,33,35). The Morgan fingerprint density at radius 1 is 0.921 bits per heavy atom. The van der Waals surface area contributed by atoms with E-state index in [9.17, 15) is 9.59 Å². The van der Waals surface area contributed by atoms with Crippen molar-refractivity contribution < 1.29 is 14.3 Å². The maximum absolute atomic E-state index is 13.7. The predicted octanol–water partition coefficient (Wildman–Crippen LogP) is 5.47. The highest BCUT2D eigenvalue weighted by atomic mass is 32.1. The van der Waals surface area contributed by atoms with E-state index in [0.717, 1.165) is 46.1 Å². The Balaban J connectivity index is 1.17. The van der Waals surface area contributed by atoms with Gasteiger partial charge in [-0.2, -0.15) is 0 Å². The van der Waals surface area contributed by atoms with Gasteiger partial charge in [0.15, 0.2) is 0 Å². The lowest BCUT2D eigenvalue weighted by atomic mass is 9.90. The minimum Gasteiger partial charge on any atom is -0.461 e. The highest BCUT2D eigenvalue weighted by Crippen LogP contribution is 2.49. The van der Waals surface area contributed by atoms with Crippen molar-refractivity contribution >= 4 is 23.7 Å². The van der Waals surface area contributed by atoms with Crippen molar-refractivity contribution in [3.63, 3.8) is 0 Å². The van der Waals surface area contributed by atoms with E-state index in [4.69, 9.17) is 4.74 Å². The minimum atomic E-state index is -0.478. The summed E-state index contributed by atoms with van der Waals surface area (Å²) in [6.45, 7) is 3.41. The van der Waals surface area contributed by atoms with Gasteiger partial charge in [-0.1, -0.05) is 78.9 Å². The molecule has 1 aliphatic heterocycles. The van der Waals surface area contributed by atoms with Crippen molar-refractivity contribution in [2.75, 3.05) is 13.1 Å². The molecule has 0 radical (unpaired) electrons. The summed E-state index contributed by atoms with van der Waals surface area (Å²) in [5.41, 5.74) is 4.24. The Morgan fingerprint density at radius 2 is 1.63 bits per heavy atom. The van der Waals surface area contributed by atoms with Gasteiger partial charge in [-0.15, -0.1) is 11.3 Å². The van der Waals surface area contributed by atoms with Gasteiger partial charge in [-0.3, -0.25) is 14.5 Å². The van der Waals surface area contributed by atoms with E-state index in [1.54, 1.807) is 11.3 Å². The molecular weight excluding hydrogens is 492 g/mol. The fourth-order valence-corrected chi connectivity index (χ4v) is 6.61. The summed E-state index contributed by atoms with van der Waals surface area (Å²) in [7, 11) is 0. The molecule has 3 unspecified atom stereocenters. The van der Waals surface area contributed by atoms with Crippen molar-refractivity contribution in [2.45, 2.75) is 25.1 Å². The summed E-state index contributed by atoms with van der Waals surface area (Å²) in [5.74, 6) is 0.198. The number of esters is 1. The van der Waals surface area contributed by atoms with Gasteiger partial charge in [0.2, 0.25) is 6.41 Å². The Kier molecular flexibility index (Phi) is 7.08. The van der Waals surface area contributed by atoms with E-state index in [-0.39, 0.29) is 12.1 Å². The Labute approximate surface area is 227 Å². The number of carbonyl (C=O) groups is 2. The zero-order valence-corrected chi connectivity index (χ0v) is 21.8. The van der Waals surface area contributed by atoms with Gasteiger partial charge >= 0.3 is 5.97 Å². The number of benzene rings is 3. The van der Waals surface area contributed by atoms with Crippen LogP contribution in [0.4, 0.5) is 0 Å². The molecule has 0 spiro atoms. The zero-order valence-electron chi connectivity index (χ0n) is 21.0. The molecule has 4 aromatic rings. The first kappa shape index (κ1) is 24.6. The van der Waals surface area contributed by atoms with Crippen LogP contribution >= 0.6 is 11.3 Å². The average Bonchev–Trinajstić information content (AvgIpc) is 3.29. The summed E-state index contributed by atoms with van der Waals surface area (Å²) in [4.78, 5) is 29.0. The molecule has 1 saturated heterocycles. The van der Waals surface area contributed by atoms with E-state index in [1.165, 1.54) is 5.56 Å². The molecule has 2 aliphatic rings. The van der Waals surface area contributed by atoms with Crippen LogP contribution in [0.2, 0.25) is 0 Å². The molecule has 0 bridgehead atoms. The molecule has 5 nitrogen and oxygen atoms in total. The molecule has 38 heavy (non-hydrogen) atoms. The van der Waals surface area contributed by atoms with E-state index < -0.39 is 5.92 Å². The maximum atomic E-state index is 13.7. The van der Waals surface area contributed by atoms with Crippen molar-refractivity contribution in [2.24, 2.45) is 11.8 Å². The van der Waals surface area contributed by atoms with Gasteiger partial charge < -0.3 is 10.1 Å². The molecule has 1 aromatic heterocycles. The van der Waals surface area contributed by atoms with Gasteiger partial charge in [0.05, 0.1) is 6.54 Å². The summed E-state index contributed by atoms with van der Waals surface area (Å²) < 4.78 is 6.19. The number of hydrogen-bond acceptors (Lipinski definition) is 5. The average molecular weight is 523 g/mol. The number of carbonyl (C=O) groups excluding carboxylic acids is 2. The molecule has 1 N–H and O–H groups in total. The molecule has 6 rings (SSSR count). The third-order valence-electron chi connectivity index (χ3n) is 7.59. The molecule has 6 heteroatoms. The van der Waals surface area contributed by atoms with E-state index >= 15 is 0 Å². The van der Waals surface area contributed by atoms with Crippen molar-refractivity contribution in [3.05, 3.63) is 119 Å². The fraction of sp³-hybridized carbons (Fsp3) is 0.250. The van der Waals surface area contributed by atoms with Crippen LogP contribution in [-0.4, -0.2) is 36.5 Å². The maximum Gasteiger partial charge on any atom is 0.318 e. The second-order valence-corrected chi connectivity index (χ2v) is 11.3. The summed E-state index contributed by atoms with van der Waals surface area (Å²) >= 11 is 1.64. The molecule has 192 valence electrons. The molecule has 1 saturated carbocycles. The molecular formula is C32H30N2O3S. The van der Waals surface area contributed by atoms with Gasteiger partial charge in [-0.25, -0.2) is 0 Å². The predicted molar refractivity (Wildman–Crippen MR) is 150 cm³/mol. The fourth-order valence-electron chi connectivity index (χ4n) is 5.66. The van der Waals surface area contributed by atoms with Crippen LogP contribution in [0.3, 0.4) is 0 Å². The summed E-state index contributed by atoms with van der Waals surface area (Å²) in [6, 6.07) is 32.7. The normalized spacial score (nSPS) is 20.9. The highest BCUT2D eigenvalue weighted by Gasteiger charge is 2.58. The largest absolute Gasteiger partial charge is 0.461 e. The number of amides is 1. The van der Waals surface area contributed by atoms with Crippen LogP contribution in [0, 0.1) is 11.8 Å². The van der Waals surface area contributed by atoms with Crippen molar-refractivity contribution in [1.82, 2.24) is 10.2 Å². The van der Waals surface area contributed by atoms with Crippen LogP contribution in [0.1, 0.15) is 27.5 Å². The molecule has 1 amide bonds. The Hall–Kier alpha value is -3.74. The Morgan fingerprint density at radius 3 is 2.37 bits per heavy atom. The van der Waals surface area contributed by atoms with Crippen LogP contribution in [0.15, 0.2) is 97.1 Å². The molecule has 1 aliphatic carbocycles. The lowest BCUT2D eigenvalue weighted by Crippen LogP contribution is -2.28. The van der Waals surface area contributed by atoms with Crippen LogP contribution in [0.25, 0.3) is 10.4 Å². The van der Waals surface area contributed by atoms with E-state index in [1.807, 2.05) is 54.6 Å². The first-order valence-electron chi connectivity index (χ1n) is 13.1. The topological polar surface area (TPSA) is 58.6 Å². The molecule has 3 atom stereocenters. The second-order valence-electron chi connectivity index (χ2n) is 10.1. The summed E-state index contributed by atoms with van der Waals surface area (Å²) in [6.07, 6.45) is 0.722. The van der Waals surface area contributed by atoms with Crippen LogP contribution in [0.5, 0.6) is 0 Å². The number of piperidine rings is 1. The zero-order chi connectivity index (χ0) is 25.9. The van der Waals surface area contributed by atoms with Gasteiger partial charge in [0.1, 0.15) is 12.0 Å². The number of rotatable bonds is 10. The number of nitrogens with zero attached hydrogens (tertiary/aromatic N) is 1. The Bertz CT molecular complexity index is 1390. The molecule has 2 fully saturated rings. The first-order valence-corrected chi connectivity index (χ1v) is 13.9. The number of ether oxygens (including phenoxy) is 1. The second kappa shape index (κ2) is 10.9. The van der Waals surface area contributed by atoms with Crippen molar-refractivity contribution in [3.8, 4) is 10.4 Å². The smallest absolute Gasteiger partial charge is 0.318 e. The van der Waals surface area contributed by atoms with Crippen molar-refractivity contribution in [1.29, 1.82) is 0 Å². The molecule has 2 heterocycles. The van der Waals surface area contributed by atoms with Gasteiger partial charge in [0, 0.05) is 41.2 Å². The SMILES string of the molecule is O=CNCc1ccc(-c2cccc(C(C(=O)OC3C4CN(Cc5ccccc5)CC43)c3ccccc3)c2)s1. The third kappa shape index (κ3) is 5.28. The third-order valence-corrected chi connectivity index (χ3v) is 8.72. The van der Waals surface area contributed by atoms with Gasteiger partial charge in [-0.05, 0) is 40.5 Å². The molecule has 3 aromatic carbocycles. The van der Waals surface area contributed by atoms with Crippen LogP contribution in [-0.2, 0) is 27.4 Å². The number of nitrogens with one attached hydrogen (secondary N) is 1. The number of hydrogen-bond donors (Lipinski definition) is 1.